The van der Waals surface area contributed by atoms with Gasteiger partial charge in [0.05, 0.1) is 40.8 Å². The number of alkyl halides is 6. The number of aromatic hydroxyl groups is 1. The van der Waals surface area contributed by atoms with Crippen molar-refractivity contribution in [3.8, 4) is 11.5 Å². The van der Waals surface area contributed by atoms with Gasteiger partial charge in [0.15, 0.2) is 23.1 Å². The normalized spacial score (nSPS) is 25.1. The smallest absolute Gasteiger partial charge is 0.433 e. The summed E-state index contributed by atoms with van der Waals surface area (Å²) in [6.07, 6.45) is -8.29. The second-order valence-corrected chi connectivity index (χ2v) is 14.3. The maximum Gasteiger partial charge on any atom is 0.433 e. The van der Waals surface area contributed by atoms with Crippen molar-refractivity contribution in [2.24, 2.45) is 29.6 Å². The molecule has 0 radical (unpaired) electrons. The maximum atomic E-state index is 14.4. The van der Waals surface area contributed by atoms with Gasteiger partial charge in [-0.2, -0.15) is 36.4 Å². The summed E-state index contributed by atoms with van der Waals surface area (Å²) in [5, 5.41) is 13.2. The van der Waals surface area contributed by atoms with E-state index in [0.29, 0.717) is 33.3 Å². The van der Waals surface area contributed by atoms with Crippen LogP contribution in [-0.4, -0.2) is 69.9 Å². The van der Waals surface area contributed by atoms with Gasteiger partial charge in [0.2, 0.25) is 0 Å². The third kappa shape index (κ3) is 6.09. The summed E-state index contributed by atoms with van der Waals surface area (Å²) < 4.78 is 86.8. The first-order valence-electron chi connectivity index (χ1n) is 16.5. The molecule has 4 amide bonds. The predicted molar refractivity (Wildman–Crippen MR) is 181 cm³/mol. The zero-order valence-corrected chi connectivity index (χ0v) is 30.2. The molecule has 4 heterocycles. The fourth-order valence-electron chi connectivity index (χ4n) is 8.24. The number of hydrogen-bond donors (Lipinski definition) is 1. The molecule has 3 aromatic rings. The molecule has 0 unspecified atom stereocenters. The molecule has 2 aromatic heterocycles. The molecule has 4 aliphatic rings. The van der Waals surface area contributed by atoms with E-state index in [4.69, 9.17) is 27.9 Å². The first-order chi connectivity index (χ1) is 25.8. The molecule has 12 nitrogen and oxygen atoms in total. The van der Waals surface area contributed by atoms with E-state index in [1.165, 1.54) is 19.2 Å². The summed E-state index contributed by atoms with van der Waals surface area (Å²) in [6.45, 7) is 0. The van der Waals surface area contributed by atoms with Crippen molar-refractivity contribution in [1.82, 2.24) is 20.0 Å². The summed E-state index contributed by atoms with van der Waals surface area (Å²) in [7, 11) is 3.63. The molecular weight excluding hydrogens is 785 g/mol. The Kier molecular flexibility index (Phi) is 9.22. The Labute approximate surface area is 317 Å². The van der Waals surface area contributed by atoms with Gasteiger partial charge < -0.3 is 9.84 Å². The number of nitrogens with zero attached hydrogens (tertiary/aromatic N) is 6. The highest BCUT2D eigenvalue weighted by Gasteiger charge is 2.63. The van der Waals surface area contributed by atoms with Crippen LogP contribution in [0.2, 0.25) is 10.0 Å². The quantitative estimate of drug-likeness (QED) is 0.172. The third-order valence-electron chi connectivity index (χ3n) is 10.6. The molecule has 55 heavy (non-hydrogen) atoms. The second kappa shape index (κ2) is 13.3. The van der Waals surface area contributed by atoms with Crippen molar-refractivity contribution < 1.29 is 55.4 Å². The van der Waals surface area contributed by atoms with Crippen LogP contribution in [0.1, 0.15) is 35.7 Å². The number of hydrazine groups is 2. The molecule has 2 aliphatic carbocycles. The van der Waals surface area contributed by atoms with Crippen LogP contribution in [0.15, 0.2) is 54.1 Å². The van der Waals surface area contributed by atoms with Gasteiger partial charge in [-0.15, -0.1) is 0 Å². The fourth-order valence-corrected chi connectivity index (χ4v) is 8.70. The van der Waals surface area contributed by atoms with Gasteiger partial charge in [0.1, 0.15) is 11.4 Å². The number of imide groups is 2. The SMILES string of the molecule is COc1ccc([C@H]2C3=CC[C@@H]4C(=O)N(N(C)c5nc(C(F)(F)F)ccc5Cl)C(=O)[C@@H]4[C@@H]3C[C@H]3C(=O)N(N(C)c4nc(C(F)(F)F)ccc4Cl)C(=O)[C@@H]23)cc1O. The number of anilines is 2. The molecular formula is C35H28Cl2F6N6O6. The molecule has 20 heteroatoms. The van der Waals surface area contributed by atoms with Crippen LogP contribution in [0, 0.1) is 29.6 Å². The number of carbonyl (C=O) groups excluding carboxylic acids is 4. The van der Waals surface area contributed by atoms with Crippen LogP contribution in [0.25, 0.3) is 0 Å². The third-order valence-corrected chi connectivity index (χ3v) is 11.2. The lowest BCUT2D eigenvalue weighted by atomic mass is 9.57. The van der Waals surface area contributed by atoms with E-state index in [2.05, 4.69) is 9.97 Å². The van der Waals surface area contributed by atoms with Crippen LogP contribution < -0.4 is 14.8 Å². The topological polar surface area (TPSA) is 136 Å². The molecule has 1 saturated carbocycles. The van der Waals surface area contributed by atoms with E-state index >= 15 is 0 Å². The van der Waals surface area contributed by atoms with E-state index in [9.17, 15) is 50.6 Å². The summed E-state index contributed by atoms with van der Waals surface area (Å²) >= 11 is 12.4. The fraction of sp³-hybridized carbons (Fsp3) is 0.371. The zero-order chi connectivity index (χ0) is 40.0. The van der Waals surface area contributed by atoms with Gasteiger partial charge in [0.25, 0.3) is 23.6 Å². The minimum Gasteiger partial charge on any atom is -0.504 e. The minimum absolute atomic E-state index is 0.0410. The van der Waals surface area contributed by atoms with Crippen molar-refractivity contribution in [2.75, 3.05) is 31.2 Å². The number of methoxy groups -OCH3 is 1. The number of allylic oxidation sites excluding steroid dienone is 2. The van der Waals surface area contributed by atoms with Crippen LogP contribution in [0.3, 0.4) is 0 Å². The summed E-state index contributed by atoms with van der Waals surface area (Å²) in [5.41, 5.74) is -1.84. The lowest BCUT2D eigenvalue weighted by molar-refractivity contribution is -0.143. The largest absolute Gasteiger partial charge is 0.504 e. The van der Waals surface area contributed by atoms with E-state index in [1.807, 2.05) is 0 Å². The van der Waals surface area contributed by atoms with Gasteiger partial charge in [-0.1, -0.05) is 40.9 Å². The molecule has 0 spiro atoms. The first kappa shape index (κ1) is 38.2. The summed E-state index contributed by atoms with van der Waals surface area (Å²) in [6, 6.07) is 7.46. The van der Waals surface area contributed by atoms with Crippen LogP contribution in [-0.2, 0) is 31.5 Å². The predicted octanol–water partition coefficient (Wildman–Crippen LogP) is 6.27. The van der Waals surface area contributed by atoms with Crippen molar-refractivity contribution >= 4 is 58.5 Å². The summed E-state index contributed by atoms with van der Waals surface area (Å²) in [4.78, 5) is 64.2. The number of pyridine rings is 2. The number of halogens is 8. The van der Waals surface area contributed by atoms with E-state index < -0.39 is 94.5 Å². The monoisotopic (exact) mass is 812 g/mol. The van der Waals surface area contributed by atoms with E-state index in [1.54, 1.807) is 12.1 Å². The maximum absolute atomic E-state index is 14.4. The number of hydrogen-bond acceptors (Lipinski definition) is 10. The van der Waals surface area contributed by atoms with Crippen LogP contribution in [0.5, 0.6) is 11.5 Å². The molecule has 1 N–H and O–H groups in total. The highest BCUT2D eigenvalue weighted by molar-refractivity contribution is 6.33. The van der Waals surface area contributed by atoms with E-state index in [0.717, 1.165) is 36.2 Å². The molecule has 7 rings (SSSR count). The lowest BCUT2D eigenvalue weighted by Gasteiger charge is -2.43. The van der Waals surface area contributed by atoms with Gasteiger partial charge >= 0.3 is 12.4 Å². The van der Waals surface area contributed by atoms with Crippen molar-refractivity contribution in [1.29, 1.82) is 0 Å². The highest BCUT2D eigenvalue weighted by Crippen LogP contribution is 2.59. The van der Waals surface area contributed by atoms with Gasteiger partial charge in [0, 0.05) is 20.0 Å². The van der Waals surface area contributed by atoms with Crippen molar-refractivity contribution in [2.45, 2.75) is 31.1 Å². The lowest BCUT2D eigenvalue weighted by Crippen LogP contribution is -2.46. The average Bonchev–Trinajstić information content (AvgIpc) is 3.52. The number of benzene rings is 1. The van der Waals surface area contributed by atoms with E-state index in [-0.39, 0.29) is 34.4 Å². The Bertz CT molecular complexity index is 2190. The van der Waals surface area contributed by atoms with Crippen molar-refractivity contribution in [3.63, 3.8) is 0 Å². The number of carbonyl (C=O) groups is 4. The number of rotatable bonds is 6. The molecule has 0 bridgehead atoms. The molecule has 2 aliphatic heterocycles. The number of ether oxygens (including phenoxy) is 1. The standard InChI is InChI=1S/C35H28Cl2F6N6O6/c1-46(28-19(36)7-10-23(44-28)34(38,39)40)48-30(51)16-6-5-15-17(26(16)32(48)53)13-18-27(25(15)14-4-9-22(55-3)21(50)12-14)33(54)49(31(18)52)47(2)29-20(37)8-11-24(45-29)35(41,42)43/h4-5,7-12,16-18,25-27,50H,6,13H2,1-3H3/t16-,17+,18+,25-,26-,27+/m0/s1. The summed E-state index contributed by atoms with van der Waals surface area (Å²) in [5.74, 6) is -11.0. The highest BCUT2D eigenvalue weighted by atomic mass is 35.5. The Morgan fingerprint density at radius 3 is 1.75 bits per heavy atom. The number of fused-ring (bicyclic) bond motifs is 4. The Balaban J connectivity index is 1.30. The molecule has 2 saturated heterocycles. The first-order valence-corrected chi connectivity index (χ1v) is 17.3. The number of amides is 4. The Morgan fingerprint density at radius 2 is 1.25 bits per heavy atom. The van der Waals surface area contributed by atoms with Gasteiger partial charge in [-0.25, -0.2) is 9.97 Å². The van der Waals surface area contributed by atoms with Crippen LogP contribution in [0.4, 0.5) is 38.0 Å². The molecule has 6 atom stereocenters. The zero-order valence-electron chi connectivity index (χ0n) is 28.7. The van der Waals surface area contributed by atoms with Crippen LogP contribution >= 0.6 is 23.2 Å². The second-order valence-electron chi connectivity index (χ2n) is 13.5. The average molecular weight is 814 g/mol. The number of phenols is 1. The number of phenolic OH excluding ortho intramolecular Hbond substituents is 1. The Morgan fingerprint density at radius 1 is 0.745 bits per heavy atom. The Hall–Kier alpha value is -5.10. The molecule has 3 fully saturated rings. The van der Waals surface area contributed by atoms with Crippen molar-refractivity contribution in [3.05, 3.63) is 81.1 Å². The van der Waals surface area contributed by atoms with Gasteiger partial charge in [-0.05, 0) is 60.7 Å². The molecule has 290 valence electrons. The number of aromatic nitrogens is 2. The minimum atomic E-state index is -4.89. The molecule has 1 aromatic carbocycles. The van der Waals surface area contributed by atoms with Gasteiger partial charge in [-0.3, -0.25) is 29.2 Å².